The van der Waals surface area contributed by atoms with E-state index in [1.54, 1.807) is 30.3 Å². The van der Waals surface area contributed by atoms with Crippen LogP contribution in [0.4, 0.5) is 5.82 Å². The molecule has 0 unspecified atom stereocenters. The Balaban J connectivity index is 2.24. The number of ether oxygens (including phenoxy) is 1. The molecular weight excluding hydrogens is 301 g/mol. The van der Waals surface area contributed by atoms with Gasteiger partial charge in [0.05, 0.1) is 40.0 Å². The monoisotopic (exact) mass is 315 g/mol. The first-order valence-corrected chi connectivity index (χ1v) is 6.76. The number of methoxy groups -OCH3 is 1. The van der Waals surface area contributed by atoms with Gasteiger partial charge in [0.25, 0.3) is 0 Å². The van der Waals surface area contributed by atoms with E-state index in [1.165, 1.54) is 0 Å². The summed E-state index contributed by atoms with van der Waals surface area (Å²) >= 11 is 11.9. The highest BCUT2D eigenvalue weighted by molar-refractivity contribution is 6.42. The molecule has 2 aromatic rings. The van der Waals surface area contributed by atoms with Crippen LogP contribution in [-0.4, -0.2) is 48.5 Å². The molecule has 0 saturated carbocycles. The number of anilines is 1. The fourth-order valence-electron chi connectivity index (χ4n) is 1.84. The molecule has 20 heavy (non-hydrogen) atoms. The van der Waals surface area contributed by atoms with Gasteiger partial charge in [-0.2, -0.15) is 0 Å². The first-order chi connectivity index (χ1) is 9.51. The number of nitrogens with zero attached hydrogens (tertiary/aromatic N) is 3. The number of rotatable bonds is 5. The molecule has 7 heteroatoms. The molecular formula is C13H15Cl2N3O2. The molecule has 108 valence electrons. The van der Waals surface area contributed by atoms with E-state index >= 15 is 0 Å². The number of aliphatic hydroxyl groups excluding tert-OH is 1. The van der Waals surface area contributed by atoms with Crippen molar-refractivity contribution < 1.29 is 9.84 Å². The highest BCUT2D eigenvalue weighted by Gasteiger charge is 2.11. The van der Waals surface area contributed by atoms with Gasteiger partial charge < -0.3 is 14.7 Å². The molecule has 0 aliphatic carbocycles. The van der Waals surface area contributed by atoms with Crippen LogP contribution in [0.25, 0.3) is 11.0 Å². The van der Waals surface area contributed by atoms with Crippen LogP contribution in [0, 0.1) is 0 Å². The lowest BCUT2D eigenvalue weighted by molar-refractivity contribution is 0.0694. The lowest BCUT2D eigenvalue weighted by Gasteiger charge is -2.21. The summed E-state index contributed by atoms with van der Waals surface area (Å²) in [5.74, 6) is 0.644. The van der Waals surface area contributed by atoms with Crippen LogP contribution in [0.3, 0.4) is 0 Å². The third kappa shape index (κ3) is 3.49. The average molecular weight is 316 g/mol. The van der Waals surface area contributed by atoms with E-state index in [1.807, 2.05) is 7.05 Å². The third-order valence-electron chi connectivity index (χ3n) is 2.81. The maximum atomic E-state index is 9.72. The predicted molar refractivity (Wildman–Crippen MR) is 80.7 cm³/mol. The Kier molecular flexibility index (Phi) is 4.99. The summed E-state index contributed by atoms with van der Waals surface area (Å²) < 4.78 is 4.89. The van der Waals surface area contributed by atoms with Crippen LogP contribution in [0.2, 0.25) is 10.0 Å². The first kappa shape index (κ1) is 15.3. The molecule has 0 radical (unpaired) electrons. The Morgan fingerprint density at radius 2 is 1.95 bits per heavy atom. The van der Waals surface area contributed by atoms with Crippen LogP contribution in [0.5, 0.6) is 0 Å². The molecule has 1 aromatic carbocycles. The van der Waals surface area contributed by atoms with Crippen LogP contribution in [-0.2, 0) is 4.74 Å². The molecule has 0 aliphatic heterocycles. The van der Waals surface area contributed by atoms with E-state index < -0.39 is 6.10 Å². The van der Waals surface area contributed by atoms with E-state index in [9.17, 15) is 5.11 Å². The molecule has 1 atom stereocenters. The van der Waals surface area contributed by atoms with E-state index in [-0.39, 0.29) is 6.61 Å². The van der Waals surface area contributed by atoms with Gasteiger partial charge in [-0.3, -0.25) is 4.98 Å². The zero-order valence-corrected chi connectivity index (χ0v) is 12.7. The summed E-state index contributed by atoms with van der Waals surface area (Å²) in [4.78, 5) is 10.6. The Labute approximate surface area is 127 Å². The molecule has 5 nitrogen and oxygen atoms in total. The molecule has 0 aliphatic rings. The highest BCUT2D eigenvalue weighted by atomic mass is 35.5. The fraction of sp³-hybridized carbons (Fsp3) is 0.385. The average Bonchev–Trinajstić information content (AvgIpc) is 2.39. The molecule has 0 amide bonds. The molecule has 0 bridgehead atoms. The second-order valence-corrected chi connectivity index (χ2v) is 5.29. The number of aromatic nitrogens is 2. The maximum absolute atomic E-state index is 9.72. The molecule has 0 saturated heterocycles. The van der Waals surface area contributed by atoms with Gasteiger partial charge in [-0.1, -0.05) is 23.2 Å². The van der Waals surface area contributed by atoms with Gasteiger partial charge in [-0.05, 0) is 12.1 Å². The van der Waals surface area contributed by atoms with Crippen molar-refractivity contribution in [2.24, 2.45) is 0 Å². The maximum Gasteiger partial charge on any atom is 0.147 e. The number of hydrogen-bond donors (Lipinski definition) is 1. The summed E-state index contributed by atoms with van der Waals surface area (Å²) in [5.41, 5.74) is 1.33. The van der Waals surface area contributed by atoms with Gasteiger partial charge in [-0.15, -0.1) is 0 Å². The number of benzene rings is 1. The Morgan fingerprint density at radius 3 is 2.60 bits per heavy atom. The third-order valence-corrected chi connectivity index (χ3v) is 3.53. The molecule has 0 spiro atoms. The van der Waals surface area contributed by atoms with Crippen molar-refractivity contribution in [2.45, 2.75) is 6.10 Å². The zero-order valence-electron chi connectivity index (χ0n) is 11.2. The van der Waals surface area contributed by atoms with Crippen molar-refractivity contribution >= 4 is 40.1 Å². The zero-order chi connectivity index (χ0) is 14.7. The van der Waals surface area contributed by atoms with Crippen LogP contribution in [0.15, 0.2) is 18.3 Å². The minimum Gasteiger partial charge on any atom is -0.389 e. The number of aliphatic hydroxyl groups is 1. The molecule has 1 N–H and O–H groups in total. The molecule has 1 heterocycles. The van der Waals surface area contributed by atoms with E-state index in [2.05, 4.69) is 9.97 Å². The second kappa shape index (κ2) is 6.54. The standard InChI is InChI=1S/C13H15Cl2N3O2/c1-18(6-8(19)7-20-2)13-5-16-11-3-9(14)10(15)4-12(11)17-13/h3-5,8,19H,6-7H2,1-2H3/t8-/m0/s1. The quantitative estimate of drug-likeness (QED) is 0.918. The Bertz CT molecular complexity index is 609. The Hall–Kier alpha value is -1.14. The highest BCUT2D eigenvalue weighted by Crippen LogP contribution is 2.26. The largest absolute Gasteiger partial charge is 0.389 e. The number of likely N-dealkylation sites (N-methyl/N-ethyl adjacent to an activating group) is 1. The van der Waals surface area contributed by atoms with Crippen molar-refractivity contribution in [1.29, 1.82) is 0 Å². The van der Waals surface area contributed by atoms with Gasteiger partial charge in [-0.25, -0.2) is 4.98 Å². The normalized spacial score (nSPS) is 12.7. The van der Waals surface area contributed by atoms with Gasteiger partial charge in [0.15, 0.2) is 0 Å². The predicted octanol–water partition coefficient (Wildman–Crippen LogP) is 2.38. The molecule has 1 aromatic heterocycles. The minimum absolute atomic E-state index is 0.271. The second-order valence-electron chi connectivity index (χ2n) is 4.47. The lowest BCUT2D eigenvalue weighted by atomic mass is 10.3. The Morgan fingerprint density at radius 1 is 1.30 bits per heavy atom. The van der Waals surface area contributed by atoms with Gasteiger partial charge in [0, 0.05) is 20.7 Å². The number of hydrogen-bond acceptors (Lipinski definition) is 5. The SMILES string of the molecule is COC[C@@H](O)CN(C)c1cnc2cc(Cl)c(Cl)cc2n1. The number of fused-ring (bicyclic) bond motifs is 1. The summed E-state index contributed by atoms with van der Waals surface area (Å²) in [6.07, 6.45) is 1.04. The van der Waals surface area contributed by atoms with Crippen LogP contribution >= 0.6 is 23.2 Å². The van der Waals surface area contributed by atoms with Crippen LogP contribution in [0.1, 0.15) is 0 Å². The van der Waals surface area contributed by atoms with Crippen molar-refractivity contribution in [3.05, 3.63) is 28.4 Å². The van der Waals surface area contributed by atoms with Crippen molar-refractivity contribution in [1.82, 2.24) is 9.97 Å². The summed E-state index contributed by atoms with van der Waals surface area (Å²) in [5, 5.41) is 10.6. The summed E-state index contributed by atoms with van der Waals surface area (Å²) in [7, 11) is 3.37. The van der Waals surface area contributed by atoms with Gasteiger partial charge in [0.2, 0.25) is 0 Å². The lowest BCUT2D eigenvalue weighted by Crippen LogP contribution is -2.32. The number of halogens is 2. The topological polar surface area (TPSA) is 58.5 Å². The first-order valence-electron chi connectivity index (χ1n) is 6.01. The van der Waals surface area contributed by atoms with Crippen LogP contribution < -0.4 is 4.90 Å². The summed E-state index contributed by atoms with van der Waals surface area (Å²) in [6, 6.07) is 3.35. The van der Waals surface area contributed by atoms with Crippen molar-refractivity contribution in [3.63, 3.8) is 0 Å². The summed E-state index contributed by atoms with van der Waals surface area (Å²) in [6.45, 7) is 0.669. The van der Waals surface area contributed by atoms with E-state index in [0.29, 0.717) is 33.4 Å². The minimum atomic E-state index is -0.587. The van der Waals surface area contributed by atoms with Crippen molar-refractivity contribution in [2.75, 3.05) is 32.2 Å². The van der Waals surface area contributed by atoms with E-state index in [0.717, 1.165) is 0 Å². The molecule has 2 rings (SSSR count). The fourth-order valence-corrected chi connectivity index (χ4v) is 2.15. The van der Waals surface area contributed by atoms with Gasteiger partial charge >= 0.3 is 0 Å². The van der Waals surface area contributed by atoms with Gasteiger partial charge in [0.1, 0.15) is 5.82 Å². The smallest absolute Gasteiger partial charge is 0.147 e. The molecule has 0 fully saturated rings. The van der Waals surface area contributed by atoms with E-state index in [4.69, 9.17) is 27.9 Å². The van der Waals surface area contributed by atoms with Crippen molar-refractivity contribution in [3.8, 4) is 0 Å².